The molecule has 6 rings (SSSR count). The van der Waals surface area contributed by atoms with E-state index in [-0.39, 0.29) is 0 Å². The second-order valence-electron chi connectivity index (χ2n) is 10.3. The molecular formula is C27H30N2O3. The van der Waals surface area contributed by atoms with E-state index in [1.165, 1.54) is 53.3 Å². The number of hydrogen-bond acceptors (Lipinski definition) is 3. The molecule has 2 N–H and O–H groups in total. The highest BCUT2D eigenvalue weighted by atomic mass is 16.5. The first-order valence-electron chi connectivity index (χ1n) is 11.7. The highest BCUT2D eigenvalue weighted by Gasteiger charge is 2.58. The van der Waals surface area contributed by atoms with E-state index in [0.29, 0.717) is 22.9 Å². The number of aromatic nitrogens is 1. The van der Waals surface area contributed by atoms with Crippen LogP contribution < -0.4 is 4.74 Å². The molecule has 0 bridgehead atoms. The molecule has 2 heterocycles. The van der Waals surface area contributed by atoms with Crippen LogP contribution in [0.25, 0.3) is 10.9 Å². The summed E-state index contributed by atoms with van der Waals surface area (Å²) in [6.07, 6.45) is 7.45. The van der Waals surface area contributed by atoms with E-state index in [0.717, 1.165) is 24.8 Å². The maximum Gasteiger partial charge on any atom is 0.335 e. The van der Waals surface area contributed by atoms with Crippen molar-refractivity contribution in [2.75, 3.05) is 13.7 Å². The van der Waals surface area contributed by atoms with Gasteiger partial charge in [-0.25, -0.2) is 4.79 Å². The van der Waals surface area contributed by atoms with E-state index in [9.17, 15) is 9.90 Å². The van der Waals surface area contributed by atoms with Gasteiger partial charge in [-0.05, 0) is 85.3 Å². The lowest BCUT2D eigenvalue weighted by molar-refractivity contribution is 0.0697. The molecule has 1 spiro atoms. The van der Waals surface area contributed by atoms with Gasteiger partial charge < -0.3 is 14.8 Å². The zero-order chi connectivity index (χ0) is 22.0. The van der Waals surface area contributed by atoms with Crippen LogP contribution in [-0.2, 0) is 6.54 Å². The van der Waals surface area contributed by atoms with E-state index in [1.807, 2.05) is 18.3 Å². The molecule has 5 nitrogen and oxygen atoms in total. The molecule has 1 aromatic heterocycles. The van der Waals surface area contributed by atoms with E-state index in [4.69, 9.17) is 4.74 Å². The molecule has 1 saturated heterocycles. The number of aromatic amines is 1. The van der Waals surface area contributed by atoms with Crippen LogP contribution in [0.3, 0.4) is 0 Å². The van der Waals surface area contributed by atoms with Crippen LogP contribution in [0.15, 0.2) is 42.6 Å². The molecule has 2 aliphatic carbocycles. The smallest absolute Gasteiger partial charge is 0.335 e. The largest absolute Gasteiger partial charge is 0.496 e. The van der Waals surface area contributed by atoms with Crippen molar-refractivity contribution in [2.45, 2.75) is 45.2 Å². The summed E-state index contributed by atoms with van der Waals surface area (Å²) >= 11 is 0. The number of likely N-dealkylation sites (tertiary alicyclic amines) is 1. The van der Waals surface area contributed by atoms with Crippen LogP contribution in [0.5, 0.6) is 5.75 Å². The van der Waals surface area contributed by atoms with Gasteiger partial charge in [-0.1, -0.05) is 12.1 Å². The molecule has 1 aliphatic heterocycles. The minimum absolute atomic E-state index is 0.322. The van der Waals surface area contributed by atoms with Crippen LogP contribution >= 0.6 is 0 Å². The van der Waals surface area contributed by atoms with Crippen LogP contribution in [0.4, 0.5) is 0 Å². The molecule has 2 saturated carbocycles. The zero-order valence-electron chi connectivity index (χ0n) is 18.7. The Morgan fingerprint density at radius 1 is 1.22 bits per heavy atom. The second kappa shape index (κ2) is 7.11. The summed E-state index contributed by atoms with van der Waals surface area (Å²) < 4.78 is 5.83. The lowest BCUT2D eigenvalue weighted by Gasteiger charge is -2.30. The maximum absolute atomic E-state index is 11.4. The number of nitrogens with one attached hydrogen (secondary N) is 1. The Hall–Kier alpha value is -2.79. The minimum atomic E-state index is -0.866. The van der Waals surface area contributed by atoms with Gasteiger partial charge in [-0.3, -0.25) is 4.90 Å². The summed E-state index contributed by atoms with van der Waals surface area (Å²) in [4.78, 5) is 17.4. The molecule has 0 radical (unpaired) electrons. The summed E-state index contributed by atoms with van der Waals surface area (Å²) in [7, 11) is 1.76. The quantitative estimate of drug-likeness (QED) is 0.557. The Morgan fingerprint density at radius 3 is 2.69 bits per heavy atom. The Kier molecular flexibility index (Phi) is 4.41. The lowest BCUT2D eigenvalue weighted by atomic mass is 9.88. The fraction of sp³-hybridized carbons (Fsp3) is 0.444. The van der Waals surface area contributed by atoms with Gasteiger partial charge in [0.2, 0.25) is 0 Å². The van der Waals surface area contributed by atoms with Gasteiger partial charge in [0.15, 0.2) is 0 Å². The predicted molar refractivity (Wildman–Crippen MR) is 124 cm³/mol. The van der Waals surface area contributed by atoms with Crippen LogP contribution in [0, 0.1) is 24.2 Å². The zero-order valence-corrected chi connectivity index (χ0v) is 18.7. The highest BCUT2D eigenvalue weighted by Crippen LogP contribution is 2.66. The van der Waals surface area contributed by atoms with Crippen molar-refractivity contribution < 1.29 is 14.6 Å². The molecular weight excluding hydrogens is 400 g/mol. The Morgan fingerprint density at radius 2 is 2.00 bits per heavy atom. The van der Waals surface area contributed by atoms with Crippen LogP contribution in [0.2, 0.25) is 0 Å². The van der Waals surface area contributed by atoms with Gasteiger partial charge in [-0.15, -0.1) is 0 Å². The number of rotatable bonds is 5. The molecule has 166 valence electrons. The molecule has 3 aromatic rings. The number of benzene rings is 2. The lowest BCUT2D eigenvalue weighted by Crippen LogP contribution is -2.27. The number of hydrogen-bond donors (Lipinski definition) is 2. The minimum Gasteiger partial charge on any atom is -0.496 e. The molecule has 0 amide bonds. The number of carbonyl (C=O) groups is 1. The van der Waals surface area contributed by atoms with Crippen molar-refractivity contribution in [1.29, 1.82) is 0 Å². The third kappa shape index (κ3) is 3.06. The van der Waals surface area contributed by atoms with Crippen molar-refractivity contribution in [3.8, 4) is 5.75 Å². The van der Waals surface area contributed by atoms with E-state index >= 15 is 0 Å². The summed E-state index contributed by atoms with van der Waals surface area (Å²) in [6, 6.07) is 12.2. The van der Waals surface area contributed by atoms with E-state index < -0.39 is 5.97 Å². The van der Waals surface area contributed by atoms with Gasteiger partial charge >= 0.3 is 5.97 Å². The predicted octanol–water partition coefficient (Wildman–Crippen LogP) is 5.55. The average Bonchev–Trinajstić information content (AvgIpc) is 3.10. The number of aromatic carboxylic acids is 1. The highest BCUT2D eigenvalue weighted by molar-refractivity contribution is 5.88. The number of H-pyrrole nitrogens is 1. The monoisotopic (exact) mass is 430 g/mol. The van der Waals surface area contributed by atoms with Gasteiger partial charge in [0.1, 0.15) is 5.75 Å². The standard InChI is InChI=1S/C27H30N2O3/c1-16-11-23(32-2)22(20-7-10-28-24(16)20)15-29-14-19-12-27(8-9-27)13-21(19)25(29)17-3-5-18(6-4-17)26(30)31/h3-7,10-11,19,21,25,28H,8-9,12-15H2,1-2H3,(H,30,31)/t19-,21-,25?/m0/s1. The number of carboxylic acids is 1. The summed E-state index contributed by atoms with van der Waals surface area (Å²) in [6.45, 7) is 4.05. The van der Waals surface area contributed by atoms with Crippen LogP contribution in [0.1, 0.15) is 58.8 Å². The normalized spacial score (nSPS) is 26.0. The molecule has 1 unspecified atom stereocenters. The topological polar surface area (TPSA) is 65.6 Å². The fourth-order valence-electron chi connectivity index (χ4n) is 6.73. The molecule has 32 heavy (non-hydrogen) atoms. The number of aryl methyl sites for hydroxylation is 1. The van der Waals surface area contributed by atoms with Gasteiger partial charge in [0.05, 0.1) is 12.7 Å². The average molecular weight is 431 g/mol. The third-order valence-corrected chi connectivity index (χ3v) is 8.39. The van der Waals surface area contributed by atoms with Crippen molar-refractivity contribution >= 4 is 16.9 Å². The molecule has 3 fully saturated rings. The molecule has 5 heteroatoms. The molecule has 2 aromatic carbocycles. The number of carboxylic acid groups (broad SMARTS) is 1. The van der Waals surface area contributed by atoms with Gasteiger partial charge in [-0.2, -0.15) is 0 Å². The third-order valence-electron chi connectivity index (χ3n) is 8.39. The van der Waals surface area contributed by atoms with Gasteiger partial charge in [0.25, 0.3) is 0 Å². The Bertz CT molecular complexity index is 1190. The Labute approximate surface area is 188 Å². The molecule has 3 atom stereocenters. The van der Waals surface area contributed by atoms with E-state index in [2.05, 4.69) is 28.9 Å². The first-order chi connectivity index (χ1) is 15.5. The maximum atomic E-state index is 11.4. The second-order valence-corrected chi connectivity index (χ2v) is 10.3. The summed E-state index contributed by atoms with van der Waals surface area (Å²) in [5.74, 6) is 1.45. The first kappa shape index (κ1) is 19.9. The van der Waals surface area contributed by atoms with Gasteiger partial charge in [0, 0.05) is 41.8 Å². The molecule has 3 aliphatic rings. The van der Waals surface area contributed by atoms with Crippen molar-refractivity contribution in [3.05, 3.63) is 64.8 Å². The Balaban J connectivity index is 1.39. The number of ether oxygens (including phenoxy) is 1. The van der Waals surface area contributed by atoms with Crippen molar-refractivity contribution in [3.63, 3.8) is 0 Å². The van der Waals surface area contributed by atoms with Crippen molar-refractivity contribution in [1.82, 2.24) is 9.88 Å². The van der Waals surface area contributed by atoms with Crippen molar-refractivity contribution in [2.24, 2.45) is 17.3 Å². The number of fused-ring (bicyclic) bond motifs is 2. The summed E-state index contributed by atoms with van der Waals surface area (Å²) in [5, 5.41) is 10.6. The number of methoxy groups -OCH3 is 1. The number of nitrogens with zero attached hydrogens (tertiary/aromatic N) is 1. The SMILES string of the molecule is COc1cc(C)c2[nH]ccc2c1CN1C[C@@H]2CC3(CC3)C[C@@H]2C1c1ccc(C(=O)O)cc1. The fourth-order valence-corrected chi connectivity index (χ4v) is 6.73. The van der Waals surface area contributed by atoms with E-state index in [1.54, 1.807) is 19.2 Å². The first-order valence-corrected chi connectivity index (χ1v) is 11.7. The summed E-state index contributed by atoms with van der Waals surface area (Å²) in [5.41, 5.74) is 5.82. The van der Waals surface area contributed by atoms with Crippen LogP contribution in [-0.4, -0.2) is 34.6 Å².